The van der Waals surface area contributed by atoms with Crippen LogP contribution < -0.4 is 10.1 Å². The number of para-hydroxylation sites is 2. The number of hydrogen-bond acceptors (Lipinski definition) is 3. The molecule has 1 rings (SSSR count). The molecule has 18 heavy (non-hydrogen) atoms. The van der Waals surface area contributed by atoms with Crippen molar-refractivity contribution in [1.82, 2.24) is 0 Å². The topological polar surface area (TPSA) is 30.5 Å². The van der Waals surface area contributed by atoms with Gasteiger partial charge in [0.15, 0.2) is 0 Å². The van der Waals surface area contributed by atoms with Crippen LogP contribution in [0.25, 0.3) is 0 Å². The Bertz CT molecular complexity index is 339. The van der Waals surface area contributed by atoms with Gasteiger partial charge in [0.05, 0.1) is 18.9 Å². The first-order valence-electron chi connectivity index (χ1n) is 6.58. The smallest absolute Gasteiger partial charge is 0.142 e. The van der Waals surface area contributed by atoms with E-state index in [4.69, 9.17) is 9.47 Å². The molecule has 1 aromatic carbocycles. The molecule has 0 spiro atoms. The van der Waals surface area contributed by atoms with Gasteiger partial charge in [0.25, 0.3) is 0 Å². The van der Waals surface area contributed by atoms with Crippen molar-refractivity contribution >= 4 is 5.69 Å². The molecule has 0 fully saturated rings. The standard InChI is InChI=1S/C15H25NO2/c1-12(2)10-18-15-8-6-5-7-14(15)16-9-13(3)11-17-4/h5-8,12-13,16H,9-11H2,1-4H3. The molecule has 0 saturated heterocycles. The van der Waals surface area contributed by atoms with E-state index in [9.17, 15) is 0 Å². The SMILES string of the molecule is COCC(C)CNc1ccccc1OCC(C)C. The number of hydrogen-bond donors (Lipinski definition) is 1. The highest BCUT2D eigenvalue weighted by atomic mass is 16.5. The molecule has 0 aromatic heterocycles. The van der Waals surface area contributed by atoms with E-state index in [1.807, 2.05) is 18.2 Å². The van der Waals surface area contributed by atoms with Gasteiger partial charge in [-0.15, -0.1) is 0 Å². The lowest BCUT2D eigenvalue weighted by Crippen LogP contribution is -2.16. The zero-order valence-corrected chi connectivity index (χ0v) is 11.9. The Hall–Kier alpha value is -1.22. The van der Waals surface area contributed by atoms with Crippen molar-refractivity contribution in [3.8, 4) is 5.75 Å². The molecule has 0 radical (unpaired) electrons. The van der Waals surface area contributed by atoms with Gasteiger partial charge in [0.1, 0.15) is 5.75 Å². The second-order valence-corrected chi connectivity index (χ2v) is 5.14. The molecule has 1 N–H and O–H groups in total. The van der Waals surface area contributed by atoms with Crippen molar-refractivity contribution in [2.75, 3.05) is 32.2 Å². The molecule has 0 heterocycles. The third-order valence-corrected chi connectivity index (χ3v) is 2.55. The van der Waals surface area contributed by atoms with E-state index < -0.39 is 0 Å². The molecule has 0 amide bonds. The van der Waals surface area contributed by atoms with Crippen LogP contribution >= 0.6 is 0 Å². The summed E-state index contributed by atoms with van der Waals surface area (Å²) in [5.41, 5.74) is 1.06. The molecule has 1 aromatic rings. The molecule has 1 unspecified atom stereocenters. The van der Waals surface area contributed by atoms with E-state index in [2.05, 4.69) is 32.2 Å². The largest absolute Gasteiger partial charge is 0.491 e. The number of rotatable bonds is 8. The maximum atomic E-state index is 5.80. The lowest BCUT2D eigenvalue weighted by Gasteiger charge is -2.16. The molecule has 102 valence electrons. The predicted molar refractivity (Wildman–Crippen MR) is 76.3 cm³/mol. The minimum atomic E-state index is 0.480. The summed E-state index contributed by atoms with van der Waals surface area (Å²) in [6, 6.07) is 8.08. The molecule has 0 aliphatic heterocycles. The Labute approximate surface area is 110 Å². The highest BCUT2D eigenvalue weighted by Crippen LogP contribution is 2.24. The Morgan fingerprint density at radius 3 is 2.50 bits per heavy atom. The van der Waals surface area contributed by atoms with Crippen LogP contribution in [-0.2, 0) is 4.74 Å². The zero-order chi connectivity index (χ0) is 13.4. The second kappa shape index (κ2) is 7.98. The number of nitrogens with one attached hydrogen (secondary N) is 1. The first-order chi connectivity index (χ1) is 8.63. The monoisotopic (exact) mass is 251 g/mol. The van der Waals surface area contributed by atoms with E-state index in [0.29, 0.717) is 11.8 Å². The minimum Gasteiger partial charge on any atom is -0.491 e. The van der Waals surface area contributed by atoms with Gasteiger partial charge in [-0.3, -0.25) is 0 Å². The lowest BCUT2D eigenvalue weighted by molar-refractivity contribution is 0.164. The van der Waals surface area contributed by atoms with Gasteiger partial charge in [-0.2, -0.15) is 0 Å². The van der Waals surface area contributed by atoms with Crippen LogP contribution in [0.1, 0.15) is 20.8 Å². The number of benzene rings is 1. The van der Waals surface area contributed by atoms with Gasteiger partial charge in [-0.05, 0) is 24.0 Å². The maximum Gasteiger partial charge on any atom is 0.142 e. The van der Waals surface area contributed by atoms with Crippen LogP contribution in [0.15, 0.2) is 24.3 Å². The Morgan fingerprint density at radius 2 is 1.83 bits per heavy atom. The number of ether oxygens (including phenoxy) is 2. The fraction of sp³-hybridized carbons (Fsp3) is 0.600. The van der Waals surface area contributed by atoms with Crippen molar-refractivity contribution in [3.63, 3.8) is 0 Å². The fourth-order valence-corrected chi connectivity index (χ4v) is 1.62. The van der Waals surface area contributed by atoms with Crippen LogP contribution in [0.5, 0.6) is 5.75 Å². The quantitative estimate of drug-likeness (QED) is 0.768. The summed E-state index contributed by atoms with van der Waals surface area (Å²) in [5, 5.41) is 3.42. The van der Waals surface area contributed by atoms with Crippen LogP contribution in [0, 0.1) is 11.8 Å². The van der Waals surface area contributed by atoms with Gasteiger partial charge in [0.2, 0.25) is 0 Å². The fourth-order valence-electron chi connectivity index (χ4n) is 1.62. The Kier molecular flexibility index (Phi) is 6.58. The Morgan fingerprint density at radius 1 is 1.11 bits per heavy atom. The van der Waals surface area contributed by atoms with Gasteiger partial charge in [-0.1, -0.05) is 32.9 Å². The molecule has 0 aliphatic carbocycles. The Balaban J connectivity index is 2.53. The zero-order valence-electron chi connectivity index (χ0n) is 11.9. The molecular formula is C15H25NO2. The summed E-state index contributed by atoms with van der Waals surface area (Å²) < 4.78 is 10.9. The molecule has 1 atom stereocenters. The van der Waals surface area contributed by atoms with Crippen molar-refractivity contribution in [3.05, 3.63) is 24.3 Å². The highest BCUT2D eigenvalue weighted by Gasteiger charge is 2.06. The molecule has 0 bridgehead atoms. The lowest BCUT2D eigenvalue weighted by atomic mass is 10.2. The molecule has 3 heteroatoms. The van der Waals surface area contributed by atoms with E-state index in [-0.39, 0.29) is 0 Å². The molecule has 3 nitrogen and oxygen atoms in total. The second-order valence-electron chi connectivity index (χ2n) is 5.14. The van der Waals surface area contributed by atoms with Crippen LogP contribution in [-0.4, -0.2) is 26.9 Å². The maximum absolute atomic E-state index is 5.80. The molecule has 0 aliphatic rings. The molecule has 0 saturated carbocycles. The summed E-state index contributed by atoms with van der Waals surface area (Å²) in [7, 11) is 1.73. The molecular weight excluding hydrogens is 226 g/mol. The van der Waals surface area contributed by atoms with Crippen LogP contribution in [0.4, 0.5) is 5.69 Å². The van der Waals surface area contributed by atoms with E-state index in [1.54, 1.807) is 7.11 Å². The first-order valence-corrected chi connectivity index (χ1v) is 6.58. The van der Waals surface area contributed by atoms with E-state index >= 15 is 0 Å². The number of methoxy groups -OCH3 is 1. The third kappa shape index (κ3) is 5.41. The van der Waals surface area contributed by atoms with Crippen molar-refractivity contribution in [2.45, 2.75) is 20.8 Å². The first kappa shape index (κ1) is 14.8. The normalized spacial score (nSPS) is 12.5. The van der Waals surface area contributed by atoms with Gasteiger partial charge >= 0.3 is 0 Å². The van der Waals surface area contributed by atoms with Crippen molar-refractivity contribution in [1.29, 1.82) is 0 Å². The van der Waals surface area contributed by atoms with Gasteiger partial charge in [0, 0.05) is 13.7 Å². The van der Waals surface area contributed by atoms with E-state index in [1.165, 1.54) is 0 Å². The van der Waals surface area contributed by atoms with Crippen LogP contribution in [0.3, 0.4) is 0 Å². The minimum absolute atomic E-state index is 0.480. The van der Waals surface area contributed by atoms with Gasteiger partial charge < -0.3 is 14.8 Å². The van der Waals surface area contributed by atoms with Gasteiger partial charge in [-0.25, -0.2) is 0 Å². The predicted octanol–water partition coefficient (Wildman–Crippen LogP) is 3.42. The third-order valence-electron chi connectivity index (χ3n) is 2.55. The van der Waals surface area contributed by atoms with E-state index in [0.717, 1.165) is 31.2 Å². The summed E-state index contributed by atoms with van der Waals surface area (Å²) in [6.07, 6.45) is 0. The summed E-state index contributed by atoms with van der Waals surface area (Å²) in [5.74, 6) is 1.94. The summed E-state index contributed by atoms with van der Waals surface area (Å²) in [6.45, 7) is 8.85. The number of anilines is 1. The summed E-state index contributed by atoms with van der Waals surface area (Å²) >= 11 is 0. The van der Waals surface area contributed by atoms with Crippen molar-refractivity contribution in [2.24, 2.45) is 11.8 Å². The highest BCUT2D eigenvalue weighted by molar-refractivity contribution is 5.56. The summed E-state index contributed by atoms with van der Waals surface area (Å²) in [4.78, 5) is 0. The average Bonchev–Trinajstić information content (AvgIpc) is 2.35. The van der Waals surface area contributed by atoms with Crippen LogP contribution in [0.2, 0.25) is 0 Å². The van der Waals surface area contributed by atoms with Crippen molar-refractivity contribution < 1.29 is 9.47 Å². The average molecular weight is 251 g/mol.